The van der Waals surface area contributed by atoms with Gasteiger partial charge in [0.25, 0.3) is 0 Å². The quantitative estimate of drug-likeness (QED) is 0.872. The Morgan fingerprint density at radius 3 is 2.69 bits per heavy atom. The summed E-state index contributed by atoms with van der Waals surface area (Å²) < 4.78 is 11.5. The Balaban J connectivity index is 0.00000128. The predicted octanol–water partition coefficient (Wildman–Crippen LogP) is 3.18. The maximum atomic E-state index is 6.00. The molecule has 1 aliphatic heterocycles. The lowest BCUT2D eigenvalue weighted by atomic mass is 10.0. The highest BCUT2D eigenvalue weighted by Gasteiger charge is 2.18. The Bertz CT molecular complexity index is 398. The summed E-state index contributed by atoms with van der Waals surface area (Å²) in [4.78, 5) is 0. The lowest BCUT2D eigenvalue weighted by molar-refractivity contribution is 0.174. The molecular formula is C11H13BrClNO2. The van der Waals surface area contributed by atoms with Crippen molar-refractivity contribution in [2.24, 2.45) is 5.73 Å². The second-order valence-electron chi connectivity index (χ2n) is 3.36. The molecule has 0 unspecified atom stereocenters. The summed E-state index contributed by atoms with van der Waals surface area (Å²) >= 11 is 3.47. The van der Waals surface area contributed by atoms with Crippen LogP contribution in [0.3, 0.4) is 0 Å². The minimum atomic E-state index is -0.0635. The maximum absolute atomic E-state index is 6.00. The molecular weight excluding hydrogens is 293 g/mol. The van der Waals surface area contributed by atoms with Gasteiger partial charge in [-0.2, -0.15) is 0 Å². The van der Waals surface area contributed by atoms with Crippen molar-refractivity contribution in [2.75, 3.05) is 6.79 Å². The van der Waals surface area contributed by atoms with Crippen molar-refractivity contribution < 1.29 is 9.47 Å². The molecule has 1 aromatic rings. The summed E-state index contributed by atoms with van der Waals surface area (Å²) in [6, 6.07) is 3.74. The van der Waals surface area contributed by atoms with E-state index in [1.807, 2.05) is 18.2 Å². The first-order valence-electron chi connectivity index (χ1n) is 4.68. The molecule has 0 aliphatic carbocycles. The number of benzene rings is 1. The fourth-order valence-electron chi connectivity index (χ4n) is 1.52. The number of hydrogen-bond donors (Lipinski definition) is 1. The molecule has 5 heteroatoms. The Morgan fingerprint density at radius 2 is 2.06 bits per heavy atom. The summed E-state index contributed by atoms with van der Waals surface area (Å²) in [5.74, 6) is 1.52. The number of fused-ring (bicyclic) bond motifs is 1. The molecule has 2 rings (SSSR count). The number of halogens is 2. The molecule has 0 amide bonds. The van der Waals surface area contributed by atoms with Crippen LogP contribution in [0.1, 0.15) is 18.0 Å². The van der Waals surface area contributed by atoms with E-state index in [-0.39, 0.29) is 25.2 Å². The summed E-state index contributed by atoms with van der Waals surface area (Å²) in [7, 11) is 0. The summed E-state index contributed by atoms with van der Waals surface area (Å²) in [6.07, 6.45) is 2.54. The largest absolute Gasteiger partial charge is 0.454 e. The van der Waals surface area contributed by atoms with Crippen molar-refractivity contribution in [1.82, 2.24) is 0 Å². The molecule has 0 aromatic heterocycles. The average molecular weight is 307 g/mol. The van der Waals surface area contributed by atoms with Gasteiger partial charge in [-0.1, -0.05) is 22.0 Å². The standard InChI is InChI=1S/C11H12BrNO2.ClH/c1-2-3-9(13)7-4-10-11(5-8(7)12)15-6-14-10;/h2,4-5,9H,1,3,6,13H2;1H/t9-;/m0./s1. The zero-order valence-corrected chi connectivity index (χ0v) is 11.0. The van der Waals surface area contributed by atoms with Crippen LogP contribution in [0.4, 0.5) is 0 Å². The topological polar surface area (TPSA) is 44.5 Å². The molecule has 1 atom stereocenters. The highest BCUT2D eigenvalue weighted by molar-refractivity contribution is 9.10. The van der Waals surface area contributed by atoms with Gasteiger partial charge in [-0.05, 0) is 24.1 Å². The minimum absolute atomic E-state index is 0. The third-order valence-corrected chi connectivity index (χ3v) is 3.00. The molecule has 0 spiro atoms. The van der Waals surface area contributed by atoms with E-state index in [9.17, 15) is 0 Å². The lowest BCUT2D eigenvalue weighted by Gasteiger charge is -2.12. The monoisotopic (exact) mass is 305 g/mol. The molecule has 0 radical (unpaired) electrons. The van der Waals surface area contributed by atoms with Crippen LogP contribution in [-0.2, 0) is 0 Å². The number of hydrogen-bond acceptors (Lipinski definition) is 3. The van der Waals surface area contributed by atoms with Crippen molar-refractivity contribution in [2.45, 2.75) is 12.5 Å². The van der Waals surface area contributed by atoms with Crippen LogP contribution < -0.4 is 15.2 Å². The first kappa shape index (κ1) is 13.4. The smallest absolute Gasteiger partial charge is 0.231 e. The normalized spacial score (nSPS) is 14.1. The molecule has 3 nitrogen and oxygen atoms in total. The summed E-state index contributed by atoms with van der Waals surface area (Å²) in [5.41, 5.74) is 7.02. The third kappa shape index (κ3) is 2.51. The van der Waals surface area contributed by atoms with Gasteiger partial charge >= 0.3 is 0 Å². The molecule has 1 aromatic carbocycles. The van der Waals surface area contributed by atoms with Gasteiger partial charge in [0.1, 0.15) is 0 Å². The highest BCUT2D eigenvalue weighted by atomic mass is 79.9. The van der Waals surface area contributed by atoms with Crippen LogP contribution in [0, 0.1) is 0 Å². The number of rotatable bonds is 3. The predicted molar refractivity (Wildman–Crippen MR) is 69.3 cm³/mol. The van der Waals surface area contributed by atoms with E-state index in [1.165, 1.54) is 0 Å². The van der Waals surface area contributed by atoms with E-state index in [1.54, 1.807) is 0 Å². The number of nitrogens with two attached hydrogens (primary N) is 1. The maximum Gasteiger partial charge on any atom is 0.231 e. The Hall–Kier alpha value is -0.710. The van der Waals surface area contributed by atoms with Crippen LogP contribution in [-0.4, -0.2) is 6.79 Å². The van der Waals surface area contributed by atoms with Gasteiger partial charge in [0, 0.05) is 10.5 Å². The van der Waals surface area contributed by atoms with Gasteiger partial charge in [-0.25, -0.2) is 0 Å². The van der Waals surface area contributed by atoms with Crippen molar-refractivity contribution >= 4 is 28.3 Å². The van der Waals surface area contributed by atoms with Crippen LogP contribution in [0.5, 0.6) is 11.5 Å². The summed E-state index contributed by atoms with van der Waals surface area (Å²) in [5, 5.41) is 0. The second-order valence-corrected chi connectivity index (χ2v) is 4.21. The van der Waals surface area contributed by atoms with Crippen molar-refractivity contribution in [1.29, 1.82) is 0 Å². The molecule has 88 valence electrons. The van der Waals surface area contributed by atoms with Gasteiger partial charge < -0.3 is 15.2 Å². The van der Waals surface area contributed by atoms with E-state index in [0.29, 0.717) is 0 Å². The molecule has 1 heterocycles. The third-order valence-electron chi connectivity index (χ3n) is 2.31. The lowest BCUT2D eigenvalue weighted by Crippen LogP contribution is -2.09. The van der Waals surface area contributed by atoms with E-state index in [0.717, 1.165) is 28.0 Å². The van der Waals surface area contributed by atoms with E-state index < -0.39 is 0 Å². The zero-order valence-electron chi connectivity index (χ0n) is 8.61. The molecule has 0 bridgehead atoms. The zero-order chi connectivity index (χ0) is 10.8. The average Bonchev–Trinajstić information content (AvgIpc) is 2.63. The van der Waals surface area contributed by atoms with Crippen molar-refractivity contribution in [3.8, 4) is 11.5 Å². The molecule has 2 N–H and O–H groups in total. The Labute approximate surface area is 109 Å². The Kier molecular flexibility index (Phi) is 4.65. The highest BCUT2D eigenvalue weighted by Crippen LogP contribution is 2.39. The number of ether oxygens (including phenoxy) is 2. The van der Waals surface area contributed by atoms with Crippen LogP contribution in [0.25, 0.3) is 0 Å². The first-order chi connectivity index (χ1) is 7.22. The SMILES string of the molecule is C=CC[C@H](N)c1cc2c(cc1Br)OCO2.Cl. The van der Waals surface area contributed by atoms with Gasteiger partial charge in [-0.15, -0.1) is 19.0 Å². The molecule has 0 fully saturated rings. The second kappa shape index (κ2) is 5.57. The molecule has 0 saturated carbocycles. The van der Waals surface area contributed by atoms with Gasteiger partial charge in [0.2, 0.25) is 6.79 Å². The van der Waals surface area contributed by atoms with Gasteiger partial charge in [0.15, 0.2) is 11.5 Å². The Morgan fingerprint density at radius 1 is 1.44 bits per heavy atom. The summed E-state index contributed by atoms with van der Waals surface area (Å²) in [6.45, 7) is 3.96. The van der Waals surface area contributed by atoms with E-state index >= 15 is 0 Å². The molecule has 1 aliphatic rings. The molecule has 16 heavy (non-hydrogen) atoms. The fraction of sp³-hybridized carbons (Fsp3) is 0.273. The van der Waals surface area contributed by atoms with Crippen LogP contribution in [0.2, 0.25) is 0 Å². The van der Waals surface area contributed by atoms with E-state index in [2.05, 4.69) is 22.5 Å². The fourth-order valence-corrected chi connectivity index (χ4v) is 2.14. The minimum Gasteiger partial charge on any atom is -0.454 e. The van der Waals surface area contributed by atoms with Crippen molar-refractivity contribution in [3.05, 3.63) is 34.8 Å². The molecule has 0 saturated heterocycles. The van der Waals surface area contributed by atoms with Gasteiger partial charge in [-0.3, -0.25) is 0 Å². The van der Waals surface area contributed by atoms with Crippen molar-refractivity contribution in [3.63, 3.8) is 0 Å². The van der Waals surface area contributed by atoms with Gasteiger partial charge in [0.05, 0.1) is 0 Å². The van der Waals surface area contributed by atoms with Crippen LogP contribution in [0.15, 0.2) is 29.3 Å². The first-order valence-corrected chi connectivity index (χ1v) is 5.47. The van der Waals surface area contributed by atoms with Crippen LogP contribution >= 0.6 is 28.3 Å². The van der Waals surface area contributed by atoms with E-state index in [4.69, 9.17) is 15.2 Å².